The number of nitrogens with zero attached hydrogens (tertiary/aromatic N) is 1. The van der Waals surface area contributed by atoms with Gasteiger partial charge in [-0.3, -0.25) is 4.79 Å². The molecule has 0 saturated carbocycles. The molecule has 2 fully saturated rings. The molecule has 0 unspecified atom stereocenters. The molecule has 2 saturated heterocycles. The third-order valence-electron chi connectivity index (χ3n) is 9.12. The van der Waals surface area contributed by atoms with Crippen LogP contribution in [0.4, 0.5) is 0 Å². The molecule has 1 amide bonds. The van der Waals surface area contributed by atoms with Crippen molar-refractivity contribution in [3.8, 4) is 5.75 Å². The first-order chi connectivity index (χ1) is 20.0. The lowest BCUT2D eigenvalue weighted by molar-refractivity contribution is -0.135. The number of piperidine rings is 1. The predicted octanol–water partition coefficient (Wildman–Crippen LogP) is 5.93. The van der Waals surface area contributed by atoms with Crippen LogP contribution in [0, 0.1) is 5.92 Å². The summed E-state index contributed by atoms with van der Waals surface area (Å²) in [5.74, 6) is 1.01. The summed E-state index contributed by atoms with van der Waals surface area (Å²) in [5, 5.41) is 11.2. The van der Waals surface area contributed by atoms with Crippen LogP contribution in [0.1, 0.15) is 79.2 Å². The maximum atomic E-state index is 13.4. The number of likely N-dealkylation sites (tertiary alicyclic amines) is 1. The summed E-state index contributed by atoms with van der Waals surface area (Å²) in [4.78, 5) is 17.2. The van der Waals surface area contributed by atoms with Crippen LogP contribution in [0.25, 0.3) is 0 Å². The van der Waals surface area contributed by atoms with Crippen LogP contribution in [0.2, 0.25) is 0 Å². The van der Waals surface area contributed by atoms with Crippen molar-refractivity contribution >= 4 is 34.8 Å². The van der Waals surface area contributed by atoms with Crippen LogP contribution in [-0.4, -0.2) is 67.8 Å². The summed E-state index contributed by atoms with van der Waals surface area (Å²) in [6, 6.07) is 12.4. The molecule has 0 spiro atoms. The Morgan fingerprint density at radius 1 is 1.00 bits per heavy atom. The van der Waals surface area contributed by atoms with Gasteiger partial charge < -0.3 is 24.0 Å². The van der Waals surface area contributed by atoms with Gasteiger partial charge in [-0.05, 0) is 101 Å². The Morgan fingerprint density at radius 2 is 1.58 bits per heavy atom. The first-order valence-electron chi connectivity index (χ1n) is 15.2. The van der Waals surface area contributed by atoms with E-state index in [-0.39, 0.29) is 17.2 Å². The Bertz CT molecular complexity index is 1370. The Kier molecular flexibility index (Phi) is 10.3. The Morgan fingerprint density at radius 3 is 2.12 bits per heavy atom. The number of carbonyl (C=O) groups is 1. The number of benzene rings is 2. The predicted molar refractivity (Wildman–Crippen MR) is 170 cm³/mol. The summed E-state index contributed by atoms with van der Waals surface area (Å²) >= 11 is 1.45. The van der Waals surface area contributed by atoms with E-state index in [4.69, 9.17) is 14.0 Å². The largest absolute Gasteiger partial charge is 0.714 e. The average molecular weight is 632 g/mol. The number of hydrogen-bond donors (Lipinski definition) is 1. The zero-order valence-electron chi connectivity index (χ0n) is 26.5. The summed E-state index contributed by atoms with van der Waals surface area (Å²) < 4.78 is 42.0. The van der Waals surface area contributed by atoms with E-state index in [0.717, 1.165) is 34.6 Å². The highest BCUT2D eigenvalue weighted by atomic mass is 32.2. The second-order valence-corrected chi connectivity index (χ2v) is 16.2. The second-order valence-electron chi connectivity index (χ2n) is 13.0. The van der Waals surface area contributed by atoms with Crippen LogP contribution in [-0.2, 0) is 30.4 Å². The van der Waals surface area contributed by atoms with Gasteiger partial charge in [0.2, 0.25) is 5.91 Å². The van der Waals surface area contributed by atoms with E-state index >= 15 is 0 Å². The molecule has 4 rings (SSSR count). The van der Waals surface area contributed by atoms with Crippen molar-refractivity contribution in [1.29, 1.82) is 0 Å². The highest BCUT2D eigenvalue weighted by Gasteiger charge is 2.54. The molecule has 0 aliphatic carbocycles. The molecule has 0 radical (unpaired) electrons. The van der Waals surface area contributed by atoms with Crippen molar-refractivity contribution in [2.24, 2.45) is 5.92 Å². The molecule has 2 heterocycles. The van der Waals surface area contributed by atoms with Crippen LogP contribution in [0.3, 0.4) is 0 Å². The minimum Gasteiger partial charge on any atom is -0.512 e. The van der Waals surface area contributed by atoms with Crippen molar-refractivity contribution in [3.63, 3.8) is 0 Å². The van der Waals surface area contributed by atoms with Crippen LogP contribution < -0.4 is 4.65 Å². The van der Waals surface area contributed by atoms with Gasteiger partial charge >= 0.3 is 7.32 Å². The number of sulfone groups is 1. The Labute approximate surface area is 262 Å². The van der Waals surface area contributed by atoms with Gasteiger partial charge in [-0.2, -0.15) is 0 Å². The van der Waals surface area contributed by atoms with E-state index < -0.39 is 34.0 Å². The lowest BCUT2D eigenvalue weighted by atomic mass is 9.81. The highest BCUT2D eigenvalue weighted by Crippen LogP contribution is 2.39. The smallest absolute Gasteiger partial charge is 0.512 e. The summed E-state index contributed by atoms with van der Waals surface area (Å²) in [6.07, 6.45) is 5.43. The normalized spacial score (nSPS) is 19.6. The fraction of sp³-hybridized carbons (Fsp3) is 0.594. The molecule has 2 aromatic carbocycles. The van der Waals surface area contributed by atoms with E-state index in [1.807, 2.05) is 50.8 Å². The molecule has 0 bridgehead atoms. The number of hydrogen-bond acceptors (Lipinski definition) is 8. The van der Waals surface area contributed by atoms with E-state index in [0.29, 0.717) is 37.6 Å². The monoisotopic (exact) mass is 631 g/mol. The van der Waals surface area contributed by atoms with E-state index in [1.54, 1.807) is 24.3 Å². The minimum absolute atomic E-state index is 0.00539. The fourth-order valence-electron chi connectivity index (χ4n) is 5.48. The molecule has 0 atom stereocenters. The molecular weight excluding hydrogens is 585 g/mol. The number of carbonyl (C=O) groups excluding carboxylic acids is 1. The lowest BCUT2D eigenvalue weighted by Crippen LogP contribution is -2.47. The second kappa shape index (κ2) is 13.1. The topological polar surface area (TPSA) is 102 Å². The fourth-order valence-corrected chi connectivity index (χ4v) is 7.04. The quantitative estimate of drug-likeness (QED) is 0.305. The number of amides is 1. The van der Waals surface area contributed by atoms with Gasteiger partial charge in [0, 0.05) is 29.1 Å². The van der Waals surface area contributed by atoms with Crippen LogP contribution in [0.5, 0.6) is 5.75 Å². The lowest BCUT2D eigenvalue weighted by Gasteiger charge is -2.40. The summed E-state index contributed by atoms with van der Waals surface area (Å²) in [7, 11) is -4.20. The van der Waals surface area contributed by atoms with Crippen molar-refractivity contribution in [3.05, 3.63) is 48.0 Å². The van der Waals surface area contributed by atoms with Crippen molar-refractivity contribution < 1.29 is 32.3 Å². The molecule has 2 aromatic rings. The first kappa shape index (κ1) is 33.8. The molecule has 2 aliphatic rings. The standard InChI is InChI=1S/C32H46BNO7S2/c1-8-23(9-2)22-32(36)14-16-34(17-15-32)29(35)20-24-18-25(39-33-40-30(3,4)31(5,6)41-33)21-27(19-24)42-26-10-12-28(13-11-26)43(7,37)38/h10-13,18-19,21,23,36H,8-9,14-17,20,22H2,1-7H3. The first-order valence-corrected chi connectivity index (χ1v) is 17.9. The molecule has 8 nitrogen and oxygen atoms in total. The maximum Gasteiger partial charge on any atom is 0.714 e. The Balaban J connectivity index is 1.51. The van der Waals surface area contributed by atoms with E-state index in [1.165, 1.54) is 18.0 Å². The van der Waals surface area contributed by atoms with Gasteiger partial charge in [-0.1, -0.05) is 38.5 Å². The Hall–Kier alpha value is -2.05. The van der Waals surface area contributed by atoms with Crippen molar-refractivity contribution in [2.45, 2.75) is 112 Å². The zero-order chi connectivity index (χ0) is 31.6. The van der Waals surface area contributed by atoms with Crippen LogP contribution >= 0.6 is 11.8 Å². The number of rotatable bonds is 11. The van der Waals surface area contributed by atoms with Gasteiger partial charge in [0.25, 0.3) is 0 Å². The summed E-state index contributed by atoms with van der Waals surface area (Å²) in [5.41, 5.74) is -1.05. The molecule has 11 heteroatoms. The van der Waals surface area contributed by atoms with Gasteiger partial charge in [-0.25, -0.2) is 8.42 Å². The maximum absolute atomic E-state index is 13.4. The van der Waals surface area contributed by atoms with Crippen molar-refractivity contribution in [1.82, 2.24) is 4.90 Å². The van der Waals surface area contributed by atoms with Gasteiger partial charge in [0.1, 0.15) is 5.75 Å². The summed E-state index contributed by atoms with van der Waals surface area (Å²) in [6.45, 7) is 13.2. The third-order valence-corrected chi connectivity index (χ3v) is 11.2. The van der Waals surface area contributed by atoms with Gasteiger partial charge in [0.15, 0.2) is 9.84 Å². The molecule has 2 aliphatic heterocycles. The highest BCUT2D eigenvalue weighted by molar-refractivity contribution is 7.99. The van der Waals surface area contributed by atoms with Crippen LogP contribution in [0.15, 0.2) is 57.2 Å². The zero-order valence-corrected chi connectivity index (χ0v) is 28.1. The molecule has 1 N–H and O–H groups in total. The number of aliphatic hydroxyl groups is 1. The third kappa shape index (κ3) is 8.57. The molecular formula is C32H46BNO7S2. The van der Waals surface area contributed by atoms with E-state index in [2.05, 4.69) is 13.8 Å². The van der Waals surface area contributed by atoms with E-state index in [9.17, 15) is 18.3 Å². The average Bonchev–Trinajstić information content (AvgIpc) is 3.12. The molecule has 0 aromatic heterocycles. The SMILES string of the molecule is CCC(CC)CC1(O)CCN(C(=O)Cc2cc(OB3OC(C)(C)C(C)(C)O3)cc(Sc3ccc(S(C)(=O)=O)cc3)c2)CC1. The van der Waals surface area contributed by atoms with Gasteiger partial charge in [0.05, 0.1) is 28.1 Å². The van der Waals surface area contributed by atoms with Gasteiger partial charge in [-0.15, -0.1) is 0 Å². The van der Waals surface area contributed by atoms with Crippen molar-refractivity contribution in [2.75, 3.05) is 19.3 Å². The molecule has 43 heavy (non-hydrogen) atoms. The minimum atomic E-state index is -3.29. The molecule has 236 valence electrons.